The molecule has 2 fully saturated rings. The maximum absolute atomic E-state index is 5.43. The first-order valence-corrected chi connectivity index (χ1v) is 8.58. The van der Waals surface area contributed by atoms with Gasteiger partial charge in [0.05, 0.1) is 7.11 Å². The lowest BCUT2D eigenvalue weighted by molar-refractivity contribution is 0.295. The third-order valence-corrected chi connectivity index (χ3v) is 5.72. The molecule has 0 aliphatic heterocycles. The van der Waals surface area contributed by atoms with Gasteiger partial charge >= 0.3 is 0 Å². The lowest BCUT2D eigenvalue weighted by atomic mass is 9.79. The van der Waals surface area contributed by atoms with E-state index in [1.54, 1.807) is 7.11 Å². The average molecular weight is 298 g/mol. The highest BCUT2D eigenvalue weighted by atomic mass is 16.5. The van der Waals surface area contributed by atoms with E-state index in [1.807, 2.05) is 6.07 Å². The van der Waals surface area contributed by atoms with Crippen LogP contribution in [0.4, 0.5) is 0 Å². The molecule has 0 radical (unpaired) electrons. The van der Waals surface area contributed by atoms with Crippen molar-refractivity contribution < 1.29 is 4.74 Å². The highest BCUT2D eigenvalue weighted by Gasteiger charge is 2.48. The predicted octanol–water partition coefficient (Wildman–Crippen LogP) is 4.06. The number of H-pyrrole nitrogens is 1. The van der Waals surface area contributed by atoms with Crippen molar-refractivity contribution in [2.45, 2.75) is 51.1 Å². The van der Waals surface area contributed by atoms with Crippen molar-refractivity contribution >= 4 is 10.9 Å². The molecule has 2 aliphatic carbocycles. The minimum atomic E-state index is 0.548. The molecule has 22 heavy (non-hydrogen) atoms. The van der Waals surface area contributed by atoms with Crippen molar-refractivity contribution in [3.63, 3.8) is 0 Å². The zero-order valence-corrected chi connectivity index (χ0v) is 13.7. The third kappa shape index (κ3) is 2.14. The van der Waals surface area contributed by atoms with Crippen LogP contribution in [0.25, 0.3) is 10.9 Å². The summed E-state index contributed by atoms with van der Waals surface area (Å²) in [5.41, 5.74) is 2.71. The van der Waals surface area contributed by atoms with Crippen LogP contribution < -0.4 is 10.1 Å². The average Bonchev–Trinajstić information content (AvgIpc) is 3.19. The Morgan fingerprint density at radius 3 is 2.82 bits per heavy atom. The summed E-state index contributed by atoms with van der Waals surface area (Å²) in [4.78, 5) is 3.47. The molecule has 3 heteroatoms. The van der Waals surface area contributed by atoms with Crippen molar-refractivity contribution in [2.75, 3.05) is 7.11 Å². The van der Waals surface area contributed by atoms with Crippen LogP contribution in [-0.4, -0.2) is 24.2 Å². The molecule has 0 amide bonds. The molecule has 4 rings (SSSR count). The van der Waals surface area contributed by atoms with E-state index >= 15 is 0 Å². The van der Waals surface area contributed by atoms with Gasteiger partial charge in [0.25, 0.3) is 0 Å². The van der Waals surface area contributed by atoms with Crippen molar-refractivity contribution in [3.05, 3.63) is 30.0 Å². The van der Waals surface area contributed by atoms with E-state index in [0.717, 1.165) is 17.6 Å². The summed E-state index contributed by atoms with van der Waals surface area (Å²) in [7, 11) is 1.74. The largest absolute Gasteiger partial charge is 0.497 e. The van der Waals surface area contributed by atoms with Gasteiger partial charge in [-0.15, -0.1) is 0 Å². The van der Waals surface area contributed by atoms with Gasteiger partial charge in [-0.1, -0.05) is 13.8 Å². The molecule has 2 saturated carbocycles. The number of rotatable bonds is 4. The molecular formula is C19H26N2O. The quantitative estimate of drug-likeness (QED) is 0.893. The summed E-state index contributed by atoms with van der Waals surface area (Å²) in [6, 6.07) is 7.54. The molecule has 3 nitrogen and oxygen atoms in total. The van der Waals surface area contributed by atoms with E-state index in [2.05, 4.69) is 42.5 Å². The van der Waals surface area contributed by atoms with Crippen LogP contribution in [0, 0.1) is 11.8 Å². The normalized spacial score (nSPS) is 30.5. The molecule has 2 aromatic rings. The molecule has 1 heterocycles. The third-order valence-electron chi connectivity index (χ3n) is 5.72. The first-order valence-electron chi connectivity index (χ1n) is 8.58. The SMILES string of the molecule is COc1ccc2[nH]cc([C@@H]3[C@H]4CC[C@H](C4)[C@H]3NC(C)C)c2c1. The second-order valence-corrected chi connectivity index (χ2v) is 7.36. The Kier molecular flexibility index (Phi) is 3.41. The molecule has 0 saturated heterocycles. The highest BCUT2D eigenvalue weighted by molar-refractivity contribution is 5.85. The van der Waals surface area contributed by atoms with Crippen molar-refractivity contribution in [1.82, 2.24) is 10.3 Å². The van der Waals surface area contributed by atoms with Gasteiger partial charge in [-0.2, -0.15) is 0 Å². The Morgan fingerprint density at radius 2 is 2.05 bits per heavy atom. The number of ether oxygens (including phenoxy) is 1. The highest BCUT2D eigenvalue weighted by Crippen LogP contribution is 2.54. The zero-order chi connectivity index (χ0) is 15.3. The molecule has 2 N–H and O–H groups in total. The van der Waals surface area contributed by atoms with Gasteiger partial charge in [-0.25, -0.2) is 0 Å². The Labute approximate surface area is 132 Å². The number of benzene rings is 1. The van der Waals surface area contributed by atoms with E-state index in [-0.39, 0.29) is 0 Å². The van der Waals surface area contributed by atoms with Crippen LogP contribution >= 0.6 is 0 Å². The summed E-state index contributed by atoms with van der Waals surface area (Å²) in [6.45, 7) is 4.53. The molecule has 0 spiro atoms. The summed E-state index contributed by atoms with van der Waals surface area (Å²) < 4.78 is 5.43. The van der Waals surface area contributed by atoms with Crippen LogP contribution in [0.2, 0.25) is 0 Å². The van der Waals surface area contributed by atoms with E-state index < -0.39 is 0 Å². The fraction of sp³-hybridized carbons (Fsp3) is 0.579. The van der Waals surface area contributed by atoms with Crippen LogP contribution in [0.5, 0.6) is 5.75 Å². The van der Waals surface area contributed by atoms with Crippen LogP contribution in [0.3, 0.4) is 0 Å². The van der Waals surface area contributed by atoms with Crippen molar-refractivity contribution in [1.29, 1.82) is 0 Å². The zero-order valence-electron chi connectivity index (χ0n) is 13.7. The Bertz CT molecular complexity index is 675. The van der Waals surface area contributed by atoms with Crippen molar-refractivity contribution in [2.24, 2.45) is 11.8 Å². The van der Waals surface area contributed by atoms with Gasteiger partial charge in [0.15, 0.2) is 0 Å². The molecule has 4 atom stereocenters. The lowest BCUT2D eigenvalue weighted by Crippen LogP contribution is -2.42. The van der Waals surface area contributed by atoms with E-state index in [9.17, 15) is 0 Å². The first-order chi connectivity index (χ1) is 10.7. The van der Waals surface area contributed by atoms with E-state index in [1.165, 1.54) is 35.7 Å². The first kappa shape index (κ1) is 14.1. The van der Waals surface area contributed by atoms with Crippen LogP contribution in [-0.2, 0) is 0 Å². The smallest absolute Gasteiger partial charge is 0.119 e. The number of aromatic amines is 1. The number of nitrogens with one attached hydrogen (secondary N) is 2. The lowest BCUT2D eigenvalue weighted by Gasteiger charge is -2.33. The Hall–Kier alpha value is -1.48. The molecule has 1 aromatic carbocycles. The fourth-order valence-corrected chi connectivity index (χ4v) is 4.89. The number of methoxy groups -OCH3 is 1. The summed E-state index contributed by atoms with van der Waals surface area (Å²) in [6.07, 6.45) is 6.43. The van der Waals surface area contributed by atoms with Crippen LogP contribution in [0.1, 0.15) is 44.6 Å². The topological polar surface area (TPSA) is 37.0 Å². The Morgan fingerprint density at radius 1 is 1.23 bits per heavy atom. The maximum atomic E-state index is 5.43. The summed E-state index contributed by atoms with van der Waals surface area (Å²) in [5.74, 6) is 3.28. The summed E-state index contributed by atoms with van der Waals surface area (Å²) >= 11 is 0. The number of fused-ring (bicyclic) bond motifs is 3. The van der Waals surface area contributed by atoms with Gasteiger partial charge in [-0.3, -0.25) is 0 Å². The number of hydrogen-bond donors (Lipinski definition) is 2. The standard InChI is InChI=1S/C19H26N2O/c1-11(2)21-19-13-5-4-12(8-13)18(19)16-10-20-17-7-6-14(22-3)9-15(16)17/h6-7,9-13,18-21H,4-5,8H2,1-3H3/t12-,13+,18-,19+/m0/s1. The second kappa shape index (κ2) is 5.31. The van der Waals surface area contributed by atoms with Gasteiger partial charge in [0.2, 0.25) is 0 Å². The molecule has 2 bridgehead atoms. The van der Waals surface area contributed by atoms with E-state index in [4.69, 9.17) is 4.74 Å². The van der Waals surface area contributed by atoms with Gasteiger partial charge < -0.3 is 15.0 Å². The maximum Gasteiger partial charge on any atom is 0.119 e. The monoisotopic (exact) mass is 298 g/mol. The Balaban J connectivity index is 1.76. The minimum absolute atomic E-state index is 0.548. The molecule has 1 aromatic heterocycles. The van der Waals surface area contributed by atoms with Gasteiger partial charge in [0, 0.05) is 35.1 Å². The second-order valence-electron chi connectivity index (χ2n) is 7.36. The molecule has 2 aliphatic rings. The summed E-state index contributed by atoms with van der Waals surface area (Å²) in [5, 5.41) is 5.20. The predicted molar refractivity (Wildman–Crippen MR) is 90.5 cm³/mol. The van der Waals surface area contributed by atoms with Gasteiger partial charge in [0.1, 0.15) is 5.75 Å². The molecule has 0 unspecified atom stereocenters. The fourth-order valence-electron chi connectivity index (χ4n) is 4.89. The number of hydrogen-bond acceptors (Lipinski definition) is 2. The number of aromatic nitrogens is 1. The van der Waals surface area contributed by atoms with E-state index in [0.29, 0.717) is 18.0 Å². The minimum Gasteiger partial charge on any atom is -0.497 e. The van der Waals surface area contributed by atoms with Crippen molar-refractivity contribution in [3.8, 4) is 5.75 Å². The van der Waals surface area contributed by atoms with Gasteiger partial charge in [-0.05, 0) is 54.9 Å². The van der Waals surface area contributed by atoms with Crippen LogP contribution in [0.15, 0.2) is 24.4 Å². The molecular weight excluding hydrogens is 272 g/mol. The molecule has 118 valence electrons.